The Bertz CT molecular complexity index is 811. The van der Waals surface area contributed by atoms with Gasteiger partial charge in [-0.15, -0.1) is 0 Å². The predicted octanol–water partition coefficient (Wildman–Crippen LogP) is 3.04. The summed E-state index contributed by atoms with van der Waals surface area (Å²) in [5.41, 5.74) is 2.77. The highest BCUT2D eigenvalue weighted by Crippen LogP contribution is 2.17. The molecule has 0 atom stereocenters. The molecule has 0 N–H and O–H groups in total. The third-order valence-corrected chi connectivity index (χ3v) is 4.58. The number of carbonyl (C=O) groups excluding carboxylic acids is 2. The molecule has 4 nitrogen and oxygen atoms in total. The Morgan fingerprint density at radius 3 is 2.00 bits per heavy atom. The summed E-state index contributed by atoms with van der Waals surface area (Å²) >= 11 is 0. The van der Waals surface area contributed by atoms with Crippen molar-refractivity contribution < 1.29 is 14.0 Å². The van der Waals surface area contributed by atoms with Crippen LogP contribution < -0.4 is 0 Å². The molecule has 2 aromatic rings. The number of amides is 2. The number of nitrogens with zero attached hydrogens (tertiary/aromatic N) is 2. The molecule has 130 valence electrons. The van der Waals surface area contributed by atoms with Gasteiger partial charge in [0.2, 0.25) is 0 Å². The smallest absolute Gasteiger partial charge is 0.256 e. The molecule has 1 fully saturated rings. The van der Waals surface area contributed by atoms with Gasteiger partial charge in [-0.25, -0.2) is 4.39 Å². The average molecular weight is 340 g/mol. The quantitative estimate of drug-likeness (QED) is 0.843. The first kappa shape index (κ1) is 17.1. The first-order valence-corrected chi connectivity index (χ1v) is 8.37. The Kier molecular flexibility index (Phi) is 4.83. The minimum absolute atomic E-state index is 0.0146. The lowest BCUT2D eigenvalue weighted by Gasteiger charge is -2.35. The van der Waals surface area contributed by atoms with E-state index < -0.39 is 5.82 Å². The summed E-state index contributed by atoms with van der Waals surface area (Å²) < 4.78 is 13.8. The summed E-state index contributed by atoms with van der Waals surface area (Å²) in [5.74, 6) is -0.850. The van der Waals surface area contributed by atoms with Crippen LogP contribution in [0.15, 0.2) is 42.5 Å². The van der Waals surface area contributed by atoms with E-state index in [1.54, 1.807) is 21.9 Å². The van der Waals surface area contributed by atoms with Gasteiger partial charge in [-0.05, 0) is 37.6 Å². The monoisotopic (exact) mass is 340 g/mol. The predicted molar refractivity (Wildman–Crippen MR) is 94.1 cm³/mol. The molecule has 0 saturated carbocycles. The summed E-state index contributed by atoms with van der Waals surface area (Å²) in [5, 5.41) is 0. The number of rotatable bonds is 2. The van der Waals surface area contributed by atoms with Gasteiger partial charge in [-0.3, -0.25) is 9.59 Å². The molecule has 5 heteroatoms. The maximum atomic E-state index is 13.8. The van der Waals surface area contributed by atoms with Gasteiger partial charge in [-0.1, -0.05) is 29.8 Å². The lowest BCUT2D eigenvalue weighted by molar-refractivity contribution is 0.0532. The normalized spacial score (nSPS) is 14.5. The Labute approximate surface area is 146 Å². The van der Waals surface area contributed by atoms with Crippen molar-refractivity contribution in [1.29, 1.82) is 0 Å². The fourth-order valence-electron chi connectivity index (χ4n) is 3.05. The minimum Gasteiger partial charge on any atom is -0.335 e. The van der Waals surface area contributed by atoms with Gasteiger partial charge in [0, 0.05) is 31.7 Å². The van der Waals surface area contributed by atoms with Crippen molar-refractivity contribution in [3.8, 4) is 0 Å². The van der Waals surface area contributed by atoms with Crippen LogP contribution in [0, 0.1) is 19.7 Å². The summed E-state index contributed by atoms with van der Waals surface area (Å²) in [7, 11) is 0. The molecule has 0 unspecified atom stereocenters. The van der Waals surface area contributed by atoms with Crippen LogP contribution in [-0.2, 0) is 0 Å². The Morgan fingerprint density at radius 1 is 0.840 bits per heavy atom. The van der Waals surface area contributed by atoms with E-state index in [-0.39, 0.29) is 17.4 Å². The van der Waals surface area contributed by atoms with Gasteiger partial charge < -0.3 is 9.80 Å². The molecule has 0 spiro atoms. The van der Waals surface area contributed by atoms with E-state index in [1.165, 1.54) is 12.1 Å². The van der Waals surface area contributed by atoms with Crippen molar-refractivity contribution in [3.63, 3.8) is 0 Å². The van der Waals surface area contributed by atoms with E-state index in [1.807, 2.05) is 32.0 Å². The van der Waals surface area contributed by atoms with Crippen LogP contribution in [-0.4, -0.2) is 47.8 Å². The molecule has 1 aliphatic heterocycles. The average Bonchev–Trinajstić information content (AvgIpc) is 2.63. The van der Waals surface area contributed by atoms with Crippen LogP contribution in [0.3, 0.4) is 0 Å². The molecular formula is C20H21FN2O2. The topological polar surface area (TPSA) is 40.6 Å². The van der Waals surface area contributed by atoms with Crippen LogP contribution in [0.1, 0.15) is 31.8 Å². The van der Waals surface area contributed by atoms with Crippen LogP contribution in [0.2, 0.25) is 0 Å². The van der Waals surface area contributed by atoms with E-state index >= 15 is 0 Å². The van der Waals surface area contributed by atoms with E-state index in [0.29, 0.717) is 31.7 Å². The van der Waals surface area contributed by atoms with Crippen LogP contribution >= 0.6 is 0 Å². The zero-order valence-corrected chi connectivity index (χ0v) is 14.5. The van der Waals surface area contributed by atoms with E-state index in [0.717, 1.165) is 11.1 Å². The Morgan fingerprint density at radius 2 is 1.40 bits per heavy atom. The molecule has 25 heavy (non-hydrogen) atoms. The minimum atomic E-state index is -0.513. The molecule has 1 saturated heterocycles. The second-order valence-corrected chi connectivity index (χ2v) is 6.38. The summed E-state index contributed by atoms with van der Waals surface area (Å²) in [6.45, 7) is 5.60. The number of carbonyl (C=O) groups is 2. The van der Waals surface area contributed by atoms with Crippen molar-refractivity contribution in [3.05, 3.63) is 70.5 Å². The Hall–Kier alpha value is -2.69. The lowest BCUT2D eigenvalue weighted by atomic mass is 10.0. The van der Waals surface area contributed by atoms with Gasteiger partial charge in [0.15, 0.2) is 0 Å². The molecule has 2 amide bonds. The molecule has 3 rings (SSSR count). The van der Waals surface area contributed by atoms with Crippen molar-refractivity contribution in [2.45, 2.75) is 13.8 Å². The molecule has 1 aliphatic rings. The fraction of sp³-hybridized carbons (Fsp3) is 0.300. The highest BCUT2D eigenvalue weighted by Gasteiger charge is 2.27. The molecule has 0 radical (unpaired) electrons. The van der Waals surface area contributed by atoms with Crippen LogP contribution in [0.5, 0.6) is 0 Å². The van der Waals surface area contributed by atoms with Crippen LogP contribution in [0.4, 0.5) is 4.39 Å². The maximum Gasteiger partial charge on any atom is 0.256 e. The summed E-state index contributed by atoms with van der Waals surface area (Å²) in [6, 6.07) is 11.8. The second kappa shape index (κ2) is 7.05. The van der Waals surface area contributed by atoms with E-state index in [4.69, 9.17) is 0 Å². The zero-order valence-electron chi connectivity index (χ0n) is 14.5. The first-order valence-electron chi connectivity index (χ1n) is 8.37. The number of hydrogen-bond acceptors (Lipinski definition) is 2. The highest BCUT2D eigenvalue weighted by molar-refractivity contribution is 5.97. The van der Waals surface area contributed by atoms with Gasteiger partial charge in [0.25, 0.3) is 11.8 Å². The zero-order chi connectivity index (χ0) is 18.0. The summed E-state index contributed by atoms with van der Waals surface area (Å²) in [4.78, 5) is 28.5. The first-order chi connectivity index (χ1) is 12.0. The lowest BCUT2D eigenvalue weighted by Crippen LogP contribution is -2.50. The van der Waals surface area contributed by atoms with Crippen molar-refractivity contribution in [2.75, 3.05) is 26.2 Å². The van der Waals surface area contributed by atoms with Crippen molar-refractivity contribution in [1.82, 2.24) is 9.80 Å². The molecule has 0 aromatic heterocycles. The van der Waals surface area contributed by atoms with Gasteiger partial charge in [0.1, 0.15) is 5.82 Å². The third-order valence-electron chi connectivity index (χ3n) is 4.58. The number of aryl methyl sites for hydroxylation is 2. The molecule has 0 aliphatic carbocycles. The molecule has 1 heterocycles. The largest absolute Gasteiger partial charge is 0.335 e. The van der Waals surface area contributed by atoms with Gasteiger partial charge in [-0.2, -0.15) is 0 Å². The van der Waals surface area contributed by atoms with E-state index in [9.17, 15) is 14.0 Å². The Balaban J connectivity index is 1.68. The van der Waals surface area contributed by atoms with Crippen molar-refractivity contribution >= 4 is 11.8 Å². The molecular weight excluding hydrogens is 319 g/mol. The van der Waals surface area contributed by atoms with Crippen molar-refractivity contribution in [2.24, 2.45) is 0 Å². The van der Waals surface area contributed by atoms with Gasteiger partial charge >= 0.3 is 0 Å². The fourth-order valence-corrected chi connectivity index (χ4v) is 3.05. The van der Waals surface area contributed by atoms with E-state index in [2.05, 4.69) is 0 Å². The SMILES string of the molecule is Cc1ccc(C)c(C(=O)N2CCN(C(=O)c3ccccc3F)CC2)c1. The van der Waals surface area contributed by atoms with Gasteiger partial charge in [0.05, 0.1) is 5.56 Å². The number of halogens is 1. The summed E-state index contributed by atoms with van der Waals surface area (Å²) in [6.07, 6.45) is 0. The van der Waals surface area contributed by atoms with Crippen LogP contribution in [0.25, 0.3) is 0 Å². The molecule has 2 aromatic carbocycles. The standard InChI is InChI=1S/C20H21FN2O2/c1-14-7-8-15(2)17(13-14)20(25)23-11-9-22(10-12-23)19(24)16-5-3-4-6-18(16)21/h3-8,13H,9-12H2,1-2H3. The molecule has 0 bridgehead atoms. The highest BCUT2D eigenvalue weighted by atomic mass is 19.1. The number of benzene rings is 2. The number of hydrogen-bond donors (Lipinski definition) is 0. The maximum absolute atomic E-state index is 13.8. The second-order valence-electron chi connectivity index (χ2n) is 6.38. The third kappa shape index (κ3) is 3.55. The number of piperazine rings is 1.